The lowest BCUT2D eigenvalue weighted by Gasteiger charge is -2.46. The molecule has 4 rings (SSSR count). The Kier molecular flexibility index (Phi) is 5.01. The van der Waals surface area contributed by atoms with E-state index < -0.39 is 17.2 Å². The van der Waals surface area contributed by atoms with Crippen LogP contribution in [0.15, 0.2) is 36.4 Å². The van der Waals surface area contributed by atoms with E-state index in [1.807, 2.05) is 32.9 Å². The van der Waals surface area contributed by atoms with E-state index in [4.69, 9.17) is 0 Å². The molecule has 9 heteroatoms. The number of aromatic nitrogens is 3. The molecule has 3 aromatic rings. The highest BCUT2D eigenvalue weighted by Crippen LogP contribution is 2.33. The summed E-state index contributed by atoms with van der Waals surface area (Å²) in [6, 6.07) is 9.32. The molecule has 0 aliphatic carbocycles. The largest absolute Gasteiger partial charge is 0.390 e. The van der Waals surface area contributed by atoms with E-state index in [9.17, 15) is 13.9 Å². The number of rotatable bonds is 5. The van der Waals surface area contributed by atoms with Crippen molar-refractivity contribution in [3.63, 3.8) is 0 Å². The second kappa shape index (κ2) is 7.39. The lowest BCUT2D eigenvalue weighted by Crippen LogP contribution is -2.55. The first-order valence-electron chi connectivity index (χ1n) is 9.84. The average Bonchev–Trinajstić information content (AvgIpc) is 2.91. The summed E-state index contributed by atoms with van der Waals surface area (Å²) < 4.78 is 28.5. The maximum absolute atomic E-state index is 13.6. The van der Waals surface area contributed by atoms with Gasteiger partial charge in [-0.05, 0) is 56.7 Å². The van der Waals surface area contributed by atoms with Crippen LogP contribution in [0, 0.1) is 24.5 Å². The number of nitrogens with zero attached hydrogens (tertiary/aromatic N) is 4. The fourth-order valence-corrected chi connectivity index (χ4v) is 3.63. The number of hydrogen-bond donors (Lipinski definition) is 2. The van der Waals surface area contributed by atoms with Gasteiger partial charge in [0.25, 0.3) is 0 Å². The Hall–Kier alpha value is -2.94. The van der Waals surface area contributed by atoms with Gasteiger partial charge in [0.15, 0.2) is 7.85 Å². The quantitative estimate of drug-likeness (QED) is 0.630. The number of hydrogen-bond acceptors (Lipinski definition) is 5. The summed E-state index contributed by atoms with van der Waals surface area (Å²) in [5.74, 6) is -0.763. The van der Waals surface area contributed by atoms with E-state index in [2.05, 4.69) is 26.4 Å². The molecule has 30 heavy (non-hydrogen) atoms. The minimum atomic E-state index is -0.688. The second-order valence-electron chi connectivity index (χ2n) is 8.46. The maximum atomic E-state index is 13.6. The zero-order chi connectivity index (χ0) is 21.6. The van der Waals surface area contributed by atoms with E-state index in [0.29, 0.717) is 11.7 Å². The molecule has 1 aliphatic rings. The highest BCUT2D eigenvalue weighted by molar-refractivity contribution is 6.29. The minimum Gasteiger partial charge on any atom is -0.390 e. The first kappa shape index (κ1) is 20.3. The number of benzene rings is 2. The van der Waals surface area contributed by atoms with Crippen LogP contribution in [0.2, 0.25) is 0 Å². The van der Waals surface area contributed by atoms with Crippen LogP contribution in [0.3, 0.4) is 0 Å². The molecule has 1 saturated heterocycles. The van der Waals surface area contributed by atoms with E-state index in [1.165, 1.54) is 16.8 Å². The SMILES string of the molecule is Bc1nc(Nc2cc(C)cc(N3CC(C(C)(C)O)C3)c2)nn1-c1cc(F)cc(F)c1. The Morgan fingerprint density at radius 2 is 1.73 bits per heavy atom. The maximum Gasteiger partial charge on any atom is 0.246 e. The van der Waals surface area contributed by atoms with Crippen molar-refractivity contribution in [2.75, 3.05) is 23.3 Å². The molecule has 156 valence electrons. The van der Waals surface area contributed by atoms with Gasteiger partial charge in [0, 0.05) is 36.4 Å². The zero-order valence-electron chi connectivity index (χ0n) is 17.4. The van der Waals surface area contributed by atoms with E-state index >= 15 is 0 Å². The lowest BCUT2D eigenvalue weighted by molar-refractivity contribution is 0.00460. The highest BCUT2D eigenvalue weighted by Gasteiger charge is 2.37. The number of nitrogens with one attached hydrogen (secondary N) is 1. The third-order valence-electron chi connectivity index (χ3n) is 5.42. The van der Waals surface area contributed by atoms with Gasteiger partial charge in [0.05, 0.1) is 17.0 Å². The lowest BCUT2D eigenvalue weighted by atomic mass is 9.84. The standard InChI is InChI=1S/C21H24BF2N5O/c1-12-4-16(9-17(5-12)28-10-13(11-28)21(2,3)30)25-20-26-19(22)29(27-20)18-7-14(23)6-15(24)8-18/h4-9,13,30H,10-11,22H2,1-3H3,(H,25,27). The monoisotopic (exact) mass is 411 g/mol. The van der Waals surface area contributed by atoms with E-state index in [1.54, 1.807) is 7.85 Å². The van der Waals surface area contributed by atoms with Crippen molar-refractivity contribution in [2.24, 2.45) is 5.92 Å². The summed E-state index contributed by atoms with van der Waals surface area (Å²) in [5, 5.41) is 17.7. The molecular formula is C21H24BF2N5O. The Balaban J connectivity index is 1.55. The van der Waals surface area contributed by atoms with Crippen LogP contribution in [-0.4, -0.2) is 46.4 Å². The van der Waals surface area contributed by atoms with Gasteiger partial charge in [-0.25, -0.2) is 18.4 Å². The van der Waals surface area contributed by atoms with Crippen LogP contribution in [0.1, 0.15) is 19.4 Å². The van der Waals surface area contributed by atoms with Crippen LogP contribution in [-0.2, 0) is 0 Å². The average molecular weight is 411 g/mol. The van der Waals surface area contributed by atoms with Crippen molar-refractivity contribution in [3.05, 3.63) is 53.6 Å². The molecule has 1 fully saturated rings. The van der Waals surface area contributed by atoms with Gasteiger partial charge in [0.2, 0.25) is 5.95 Å². The first-order chi connectivity index (χ1) is 14.1. The molecule has 0 unspecified atom stereocenters. The van der Waals surface area contributed by atoms with Gasteiger partial charge in [0.1, 0.15) is 11.6 Å². The van der Waals surface area contributed by atoms with E-state index in [0.717, 1.165) is 36.1 Å². The molecule has 1 aliphatic heterocycles. The molecule has 0 radical (unpaired) electrons. The molecule has 2 heterocycles. The van der Waals surface area contributed by atoms with Crippen molar-refractivity contribution in [1.29, 1.82) is 0 Å². The summed E-state index contributed by atoms with van der Waals surface area (Å²) in [5.41, 5.74) is 3.04. The van der Waals surface area contributed by atoms with Crippen molar-refractivity contribution in [3.8, 4) is 5.69 Å². The Morgan fingerprint density at radius 1 is 1.07 bits per heavy atom. The summed E-state index contributed by atoms with van der Waals surface area (Å²) in [6.45, 7) is 7.28. The Labute approximate surface area is 175 Å². The smallest absolute Gasteiger partial charge is 0.246 e. The number of anilines is 3. The van der Waals surface area contributed by atoms with Gasteiger partial charge in [-0.3, -0.25) is 0 Å². The highest BCUT2D eigenvalue weighted by atomic mass is 19.1. The molecule has 0 amide bonds. The molecule has 1 aromatic heterocycles. The van der Waals surface area contributed by atoms with Crippen LogP contribution in [0.4, 0.5) is 26.1 Å². The summed E-state index contributed by atoms with van der Waals surface area (Å²) in [6.07, 6.45) is 0. The van der Waals surface area contributed by atoms with Gasteiger partial charge in [-0.15, -0.1) is 5.10 Å². The van der Waals surface area contributed by atoms with Gasteiger partial charge in [-0.2, -0.15) is 0 Å². The van der Waals surface area contributed by atoms with Gasteiger partial charge >= 0.3 is 0 Å². The predicted molar refractivity (Wildman–Crippen MR) is 116 cm³/mol. The fourth-order valence-electron chi connectivity index (χ4n) is 3.63. The Morgan fingerprint density at radius 3 is 2.37 bits per heavy atom. The second-order valence-corrected chi connectivity index (χ2v) is 8.46. The van der Waals surface area contributed by atoms with Crippen molar-refractivity contribution >= 4 is 30.9 Å². The van der Waals surface area contributed by atoms with Crippen molar-refractivity contribution in [2.45, 2.75) is 26.4 Å². The molecule has 0 bridgehead atoms. The summed E-state index contributed by atoms with van der Waals surface area (Å²) in [7, 11) is 1.72. The third-order valence-corrected chi connectivity index (χ3v) is 5.42. The van der Waals surface area contributed by atoms with Crippen LogP contribution >= 0.6 is 0 Å². The molecule has 2 N–H and O–H groups in total. The van der Waals surface area contributed by atoms with Gasteiger partial charge < -0.3 is 15.3 Å². The summed E-state index contributed by atoms with van der Waals surface area (Å²) >= 11 is 0. The van der Waals surface area contributed by atoms with E-state index in [-0.39, 0.29) is 11.6 Å². The molecule has 0 spiro atoms. The zero-order valence-corrected chi connectivity index (χ0v) is 17.4. The fraction of sp³-hybridized carbons (Fsp3) is 0.333. The minimum absolute atomic E-state index is 0.237. The van der Waals surface area contributed by atoms with Crippen LogP contribution in [0.5, 0.6) is 0 Å². The number of halogens is 2. The molecule has 0 atom stereocenters. The molecule has 0 saturated carbocycles. The number of aryl methyl sites for hydroxylation is 1. The molecule has 6 nitrogen and oxygen atoms in total. The Bertz CT molecular complexity index is 1070. The van der Waals surface area contributed by atoms with Crippen molar-refractivity contribution < 1.29 is 13.9 Å². The van der Waals surface area contributed by atoms with Crippen LogP contribution < -0.4 is 15.9 Å². The van der Waals surface area contributed by atoms with Crippen LogP contribution in [0.25, 0.3) is 5.69 Å². The first-order valence-corrected chi connectivity index (χ1v) is 9.84. The third kappa shape index (κ3) is 4.16. The van der Waals surface area contributed by atoms with Gasteiger partial charge in [-0.1, -0.05) is 0 Å². The normalized spacial score (nSPS) is 14.7. The predicted octanol–water partition coefficient (Wildman–Crippen LogP) is 2.06. The van der Waals surface area contributed by atoms with Crippen molar-refractivity contribution in [1.82, 2.24) is 14.8 Å². The molecular weight excluding hydrogens is 387 g/mol. The topological polar surface area (TPSA) is 66.2 Å². The number of aliphatic hydroxyl groups is 1. The summed E-state index contributed by atoms with van der Waals surface area (Å²) in [4.78, 5) is 6.59. The molecule has 2 aromatic carbocycles.